The predicted molar refractivity (Wildman–Crippen MR) is 65.8 cm³/mol. The maximum Gasteiger partial charge on any atom is 0.223 e. The van der Waals surface area contributed by atoms with Gasteiger partial charge in [0.15, 0.2) is 0 Å². The molecule has 0 atom stereocenters. The van der Waals surface area contributed by atoms with Crippen molar-refractivity contribution in [3.8, 4) is 0 Å². The number of carbonyl (C=O) groups is 1. The quantitative estimate of drug-likeness (QED) is 0.581. The van der Waals surface area contributed by atoms with Gasteiger partial charge in [-0.25, -0.2) is 0 Å². The molecule has 0 radical (unpaired) electrons. The maximum atomic E-state index is 11.8. The van der Waals surface area contributed by atoms with Crippen LogP contribution in [0.25, 0.3) is 0 Å². The molecule has 1 rings (SSSR count). The zero-order valence-corrected chi connectivity index (χ0v) is 10.1. The van der Waals surface area contributed by atoms with Crippen LogP contribution in [0, 0.1) is 11.8 Å². The molecule has 0 aromatic heterocycles. The van der Waals surface area contributed by atoms with E-state index in [4.69, 9.17) is 11.5 Å². The highest BCUT2D eigenvalue weighted by Gasteiger charge is 2.24. The van der Waals surface area contributed by atoms with Crippen LogP contribution in [0.15, 0.2) is 0 Å². The molecule has 5 N–H and O–H groups in total. The van der Waals surface area contributed by atoms with Crippen molar-refractivity contribution in [1.82, 2.24) is 5.32 Å². The Balaban J connectivity index is 2.13. The van der Waals surface area contributed by atoms with Crippen molar-refractivity contribution in [3.63, 3.8) is 0 Å². The highest BCUT2D eigenvalue weighted by molar-refractivity contribution is 5.78. The summed E-state index contributed by atoms with van der Waals surface area (Å²) in [6, 6.07) is 0. The molecule has 0 bridgehead atoms. The Morgan fingerprint density at radius 1 is 1.12 bits per heavy atom. The standard InChI is InChI=1S/C12H25N3O/c13-7-1-2-8-15-12(16)11-5-3-10(9-14)4-6-11/h10-11H,1-9,13-14H2,(H,15,16). The highest BCUT2D eigenvalue weighted by Crippen LogP contribution is 2.27. The summed E-state index contributed by atoms with van der Waals surface area (Å²) in [6.45, 7) is 2.25. The minimum Gasteiger partial charge on any atom is -0.356 e. The van der Waals surface area contributed by atoms with E-state index < -0.39 is 0 Å². The summed E-state index contributed by atoms with van der Waals surface area (Å²) in [4.78, 5) is 11.8. The van der Waals surface area contributed by atoms with Crippen LogP contribution in [0.5, 0.6) is 0 Å². The van der Waals surface area contributed by atoms with Crippen LogP contribution < -0.4 is 16.8 Å². The fourth-order valence-electron chi connectivity index (χ4n) is 2.29. The van der Waals surface area contributed by atoms with Gasteiger partial charge in [-0.1, -0.05) is 0 Å². The average molecular weight is 227 g/mol. The van der Waals surface area contributed by atoms with E-state index in [0.717, 1.165) is 51.6 Å². The number of nitrogens with one attached hydrogen (secondary N) is 1. The summed E-state index contributed by atoms with van der Waals surface area (Å²) in [5, 5.41) is 2.99. The molecule has 0 spiro atoms. The predicted octanol–water partition coefficient (Wildman–Crippen LogP) is 0.607. The lowest BCUT2D eigenvalue weighted by Gasteiger charge is -2.26. The van der Waals surface area contributed by atoms with Gasteiger partial charge in [0.05, 0.1) is 0 Å². The van der Waals surface area contributed by atoms with E-state index in [1.807, 2.05) is 0 Å². The lowest BCUT2D eigenvalue weighted by molar-refractivity contribution is -0.126. The Morgan fingerprint density at radius 2 is 1.81 bits per heavy atom. The van der Waals surface area contributed by atoms with Crippen LogP contribution in [-0.4, -0.2) is 25.5 Å². The molecule has 0 aromatic rings. The van der Waals surface area contributed by atoms with Crippen LogP contribution in [0.1, 0.15) is 38.5 Å². The Hall–Kier alpha value is -0.610. The number of nitrogens with two attached hydrogens (primary N) is 2. The SMILES string of the molecule is NCCCCNC(=O)C1CCC(CN)CC1. The molecular weight excluding hydrogens is 202 g/mol. The fourth-order valence-corrected chi connectivity index (χ4v) is 2.29. The van der Waals surface area contributed by atoms with Gasteiger partial charge in [0.2, 0.25) is 5.91 Å². The van der Waals surface area contributed by atoms with E-state index in [1.54, 1.807) is 0 Å². The summed E-state index contributed by atoms with van der Waals surface area (Å²) in [6.07, 6.45) is 6.20. The topological polar surface area (TPSA) is 81.1 Å². The summed E-state index contributed by atoms with van der Waals surface area (Å²) in [7, 11) is 0. The third-order valence-electron chi connectivity index (χ3n) is 3.48. The first-order chi connectivity index (χ1) is 7.77. The van der Waals surface area contributed by atoms with Crippen molar-refractivity contribution in [2.24, 2.45) is 23.3 Å². The number of rotatable bonds is 6. The van der Waals surface area contributed by atoms with Gasteiger partial charge in [-0.05, 0) is 57.5 Å². The van der Waals surface area contributed by atoms with E-state index in [9.17, 15) is 4.79 Å². The van der Waals surface area contributed by atoms with Crippen molar-refractivity contribution in [1.29, 1.82) is 0 Å². The van der Waals surface area contributed by atoms with Crippen LogP contribution >= 0.6 is 0 Å². The lowest BCUT2D eigenvalue weighted by Crippen LogP contribution is -2.34. The minimum atomic E-state index is 0.223. The molecule has 1 saturated carbocycles. The highest BCUT2D eigenvalue weighted by atomic mass is 16.1. The molecule has 16 heavy (non-hydrogen) atoms. The number of amides is 1. The first kappa shape index (κ1) is 13.5. The van der Waals surface area contributed by atoms with Crippen molar-refractivity contribution in [3.05, 3.63) is 0 Å². The zero-order valence-electron chi connectivity index (χ0n) is 10.1. The molecule has 1 amide bonds. The molecule has 0 unspecified atom stereocenters. The van der Waals surface area contributed by atoms with Gasteiger partial charge < -0.3 is 16.8 Å². The molecule has 1 aliphatic rings. The van der Waals surface area contributed by atoms with Crippen LogP contribution in [0.2, 0.25) is 0 Å². The van der Waals surface area contributed by atoms with Crippen LogP contribution in [0.4, 0.5) is 0 Å². The molecule has 4 nitrogen and oxygen atoms in total. The maximum absolute atomic E-state index is 11.8. The molecule has 0 aliphatic heterocycles. The van der Waals surface area contributed by atoms with Gasteiger partial charge in [0.25, 0.3) is 0 Å². The monoisotopic (exact) mass is 227 g/mol. The fraction of sp³-hybridized carbons (Fsp3) is 0.917. The van der Waals surface area contributed by atoms with Crippen LogP contribution in [0.3, 0.4) is 0 Å². The van der Waals surface area contributed by atoms with Crippen LogP contribution in [-0.2, 0) is 4.79 Å². The molecule has 4 heteroatoms. The van der Waals surface area contributed by atoms with Gasteiger partial charge in [0.1, 0.15) is 0 Å². The average Bonchev–Trinajstić information content (AvgIpc) is 2.34. The van der Waals surface area contributed by atoms with Gasteiger partial charge in [0, 0.05) is 12.5 Å². The Labute approximate surface area is 98.1 Å². The largest absolute Gasteiger partial charge is 0.356 e. The number of hydrogen-bond acceptors (Lipinski definition) is 3. The third-order valence-corrected chi connectivity index (χ3v) is 3.48. The summed E-state index contributed by atoms with van der Waals surface area (Å²) in [5.41, 5.74) is 11.0. The van der Waals surface area contributed by atoms with E-state index in [1.165, 1.54) is 0 Å². The second kappa shape index (κ2) is 7.63. The van der Waals surface area contributed by atoms with Gasteiger partial charge in [-0.2, -0.15) is 0 Å². The number of carbonyl (C=O) groups excluding carboxylic acids is 1. The van der Waals surface area contributed by atoms with Gasteiger partial charge in [-0.3, -0.25) is 4.79 Å². The molecule has 94 valence electrons. The number of unbranched alkanes of at least 4 members (excludes halogenated alkanes) is 1. The Morgan fingerprint density at radius 3 is 2.38 bits per heavy atom. The van der Waals surface area contributed by atoms with E-state index in [0.29, 0.717) is 12.5 Å². The zero-order chi connectivity index (χ0) is 11.8. The smallest absolute Gasteiger partial charge is 0.223 e. The van der Waals surface area contributed by atoms with E-state index in [2.05, 4.69) is 5.32 Å². The first-order valence-electron chi connectivity index (χ1n) is 6.45. The Kier molecular flexibility index (Phi) is 6.42. The molecular formula is C12H25N3O. The Bertz CT molecular complexity index is 200. The lowest BCUT2D eigenvalue weighted by atomic mass is 9.81. The van der Waals surface area contributed by atoms with Crippen molar-refractivity contribution >= 4 is 5.91 Å². The summed E-state index contributed by atoms with van der Waals surface area (Å²) in [5.74, 6) is 1.09. The second-order valence-corrected chi connectivity index (χ2v) is 4.74. The van der Waals surface area contributed by atoms with Gasteiger partial charge in [-0.15, -0.1) is 0 Å². The molecule has 0 saturated heterocycles. The minimum absolute atomic E-state index is 0.223. The molecule has 0 aromatic carbocycles. The molecule has 0 heterocycles. The second-order valence-electron chi connectivity index (χ2n) is 4.74. The summed E-state index contributed by atoms with van der Waals surface area (Å²) >= 11 is 0. The number of hydrogen-bond donors (Lipinski definition) is 3. The van der Waals surface area contributed by atoms with Gasteiger partial charge >= 0.3 is 0 Å². The normalized spacial score (nSPS) is 25.4. The molecule has 1 fully saturated rings. The van der Waals surface area contributed by atoms with Crippen molar-refractivity contribution in [2.45, 2.75) is 38.5 Å². The van der Waals surface area contributed by atoms with E-state index >= 15 is 0 Å². The first-order valence-corrected chi connectivity index (χ1v) is 6.45. The van der Waals surface area contributed by atoms with Crippen molar-refractivity contribution < 1.29 is 4.79 Å². The summed E-state index contributed by atoms with van der Waals surface area (Å²) < 4.78 is 0. The van der Waals surface area contributed by atoms with E-state index in [-0.39, 0.29) is 11.8 Å². The van der Waals surface area contributed by atoms with Crippen molar-refractivity contribution in [2.75, 3.05) is 19.6 Å². The molecule has 1 aliphatic carbocycles. The third kappa shape index (κ3) is 4.49.